The average Bonchev–Trinajstić information content (AvgIpc) is 2.91. The topological polar surface area (TPSA) is 128 Å². The molecule has 0 radical (unpaired) electrons. The molecule has 210 valence electrons. The Kier molecular flexibility index (Phi) is 9.46. The van der Waals surface area contributed by atoms with Gasteiger partial charge in [0.15, 0.2) is 21.3 Å². The fourth-order valence-corrected chi connectivity index (χ4v) is 5.87. The van der Waals surface area contributed by atoms with E-state index in [-0.39, 0.29) is 21.2 Å². The van der Waals surface area contributed by atoms with Gasteiger partial charge in [-0.3, -0.25) is 9.10 Å². The third kappa shape index (κ3) is 7.21. The Morgan fingerprint density at radius 3 is 2.00 bits per heavy atom. The van der Waals surface area contributed by atoms with Gasteiger partial charge in [-0.25, -0.2) is 16.8 Å². The molecule has 0 aliphatic rings. The monoisotopic (exact) mass is 576 g/mol. The molecule has 0 aromatic heterocycles. The first-order valence-electron chi connectivity index (χ1n) is 12.0. The van der Waals surface area contributed by atoms with Gasteiger partial charge in [0, 0.05) is 12.3 Å². The molecule has 1 unspecified atom stereocenters. The molecular formula is C27H32N2O8S2. The summed E-state index contributed by atoms with van der Waals surface area (Å²) in [6.45, 7) is 3.48. The van der Waals surface area contributed by atoms with E-state index in [9.17, 15) is 21.6 Å². The maximum Gasteiger partial charge on any atom is 0.264 e. The Balaban J connectivity index is 1.92. The van der Waals surface area contributed by atoms with E-state index in [4.69, 9.17) is 14.2 Å². The molecule has 1 atom stereocenters. The second-order valence-electron chi connectivity index (χ2n) is 8.59. The van der Waals surface area contributed by atoms with Crippen LogP contribution in [0.1, 0.15) is 25.5 Å². The van der Waals surface area contributed by atoms with E-state index < -0.39 is 38.4 Å². The van der Waals surface area contributed by atoms with E-state index in [0.29, 0.717) is 23.7 Å². The number of rotatable bonds is 12. The van der Waals surface area contributed by atoms with Gasteiger partial charge in [0.25, 0.3) is 10.0 Å². The third-order valence-electron chi connectivity index (χ3n) is 5.85. The van der Waals surface area contributed by atoms with Crippen molar-refractivity contribution in [1.82, 2.24) is 5.32 Å². The summed E-state index contributed by atoms with van der Waals surface area (Å²) in [4.78, 5) is 13.2. The summed E-state index contributed by atoms with van der Waals surface area (Å²) < 4.78 is 68.0. The predicted molar refractivity (Wildman–Crippen MR) is 148 cm³/mol. The quantitative estimate of drug-likeness (QED) is 0.347. The molecule has 0 fully saturated rings. The van der Waals surface area contributed by atoms with Gasteiger partial charge in [-0.15, -0.1) is 0 Å². The molecule has 0 aliphatic heterocycles. The largest absolute Gasteiger partial charge is 0.494 e. The number of methoxy groups -OCH3 is 2. The van der Waals surface area contributed by atoms with Gasteiger partial charge >= 0.3 is 0 Å². The molecule has 0 saturated heterocycles. The molecular weight excluding hydrogens is 544 g/mol. The lowest BCUT2D eigenvalue weighted by atomic mass is 10.1. The molecule has 3 aromatic carbocycles. The van der Waals surface area contributed by atoms with Crippen molar-refractivity contribution in [2.24, 2.45) is 0 Å². The van der Waals surface area contributed by atoms with Crippen molar-refractivity contribution < 1.29 is 35.8 Å². The van der Waals surface area contributed by atoms with Crippen molar-refractivity contribution in [2.45, 2.75) is 29.7 Å². The molecule has 0 saturated carbocycles. The van der Waals surface area contributed by atoms with Crippen LogP contribution >= 0.6 is 0 Å². The van der Waals surface area contributed by atoms with E-state index in [1.54, 1.807) is 43.3 Å². The molecule has 0 spiro atoms. The number of sulfone groups is 1. The number of nitrogens with zero attached hydrogens (tertiary/aromatic N) is 1. The fraction of sp³-hybridized carbons (Fsp3) is 0.296. The van der Waals surface area contributed by atoms with Gasteiger partial charge in [0.2, 0.25) is 5.91 Å². The molecule has 1 amide bonds. The van der Waals surface area contributed by atoms with Gasteiger partial charge in [0.05, 0.1) is 42.3 Å². The van der Waals surface area contributed by atoms with E-state index in [0.717, 1.165) is 10.6 Å². The van der Waals surface area contributed by atoms with Gasteiger partial charge in [0.1, 0.15) is 12.3 Å². The fourth-order valence-electron chi connectivity index (χ4n) is 3.80. The number of carbonyl (C=O) groups excluding carboxylic acids is 1. The summed E-state index contributed by atoms with van der Waals surface area (Å²) in [5.74, 6) is 0.575. The second-order valence-corrected chi connectivity index (χ2v) is 12.5. The number of benzene rings is 3. The number of hydrogen-bond donors (Lipinski definition) is 1. The van der Waals surface area contributed by atoms with Crippen LogP contribution in [0.2, 0.25) is 0 Å². The lowest BCUT2D eigenvalue weighted by molar-refractivity contribution is -0.120. The van der Waals surface area contributed by atoms with Crippen molar-refractivity contribution in [1.29, 1.82) is 0 Å². The highest BCUT2D eigenvalue weighted by Crippen LogP contribution is 2.32. The SMILES string of the molecule is CCOc1ccc(N(CC(=O)NC(C)c2ccc(S(C)(=O)=O)cc2)S(=O)(=O)c2ccc(OC)c(OC)c2)cc1. The van der Waals surface area contributed by atoms with Gasteiger partial charge in [-0.1, -0.05) is 12.1 Å². The molecule has 0 aliphatic carbocycles. The van der Waals surface area contributed by atoms with Crippen LogP contribution in [0.5, 0.6) is 17.2 Å². The first-order valence-corrected chi connectivity index (χ1v) is 15.3. The number of hydrogen-bond acceptors (Lipinski definition) is 8. The molecule has 3 aromatic rings. The highest BCUT2D eigenvalue weighted by atomic mass is 32.2. The molecule has 0 heterocycles. The van der Waals surface area contributed by atoms with E-state index >= 15 is 0 Å². The minimum absolute atomic E-state index is 0.0914. The Morgan fingerprint density at radius 2 is 1.46 bits per heavy atom. The van der Waals surface area contributed by atoms with Crippen molar-refractivity contribution >= 4 is 31.5 Å². The molecule has 10 nitrogen and oxygen atoms in total. The normalized spacial score (nSPS) is 12.3. The summed E-state index contributed by atoms with van der Waals surface area (Å²) in [6.07, 6.45) is 1.11. The second kappa shape index (κ2) is 12.4. The Hall–Kier alpha value is -3.77. The van der Waals surface area contributed by atoms with Crippen LogP contribution in [-0.2, 0) is 24.7 Å². The number of anilines is 1. The standard InChI is InChI=1S/C27H32N2O8S2/c1-6-37-22-11-9-21(10-12-22)29(39(33,34)24-15-16-25(35-3)26(17-24)36-4)18-27(30)28-19(2)20-7-13-23(14-8-20)38(5,31)32/h7-17,19H,6,18H2,1-5H3,(H,28,30). The van der Waals surface area contributed by atoms with Crippen LogP contribution in [0, 0.1) is 0 Å². The molecule has 0 bridgehead atoms. The Morgan fingerprint density at radius 1 is 0.872 bits per heavy atom. The van der Waals surface area contributed by atoms with Crippen molar-refractivity contribution in [3.8, 4) is 17.2 Å². The summed E-state index contributed by atoms with van der Waals surface area (Å²) in [5, 5.41) is 2.79. The molecule has 3 rings (SSSR count). The van der Waals surface area contributed by atoms with Crippen LogP contribution in [0.15, 0.2) is 76.5 Å². The highest BCUT2D eigenvalue weighted by molar-refractivity contribution is 7.93. The zero-order valence-corrected chi connectivity index (χ0v) is 24.0. The minimum atomic E-state index is -4.22. The number of amides is 1. The molecule has 12 heteroatoms. The lowest BCUT2D eigenvalue weighted by Crippen LogP contribution is -2.41. The highest BCUT2D eigenvalue weighted by Gasteiger charge is 2.29. The maximum atomic E-state index is 13.8. The molecule has 39 heavy (non-hydrogen) atoms. The van der Waals surface area contributed by atoms with E-state index in [1.807, 2.05) is 6.92 Å². The zero-order chi connectivity index (χ0) is 28.8. The summed E-state index contributed by atoms with van der Waals surface area (Å²) in [6, 6.07) is 16.2. The smallest absolute Gasteiger partial charge is 0.264 e. The minimum Gasteiger partial charge on any atom is -0.494 e. The van der Waals surface area contributed by atoms with Crippen molar-refractivity contribution in [2.75, 3.05) is 37.9 Å². The van der Waals surface area contributed by atoms with Gasteiger partial charge in [-0.05, 0) is 67.9 Å². The average molecular weight is 577 g/mol. The Bertz CT molecular complexity index is 1500. The van der Waals surface area contributed by atoms with Crippen LogP contribution in [0.25, 0.3) is 0 Å². The number of nitrogens with one attached hydrogen (secondary N) is 1. The van der Waals surface area contributed by atoms with Gasteiger partial charge in [-0.2, -0.15) is 0 Å². The zero-order valence-electron chi connectivity index (χ0n) is 22.4. The van der Waals surface area contributed by atoms with Crippen LogP contribution in [0.3, 0.4) is 0 Å². The van der Waals surface area contributed by atoms with Crippen molar-refractivity contribution in [3.63, 3.8) is 0 Å². The third-order valence-corrected chi connectivity index (χ3v) is 8.75. The lowest BCUT2D eigenvalue weighted by Gasteiger charge is -2.25. The number of carbonyl (C=O) groups is 1. The van der Waals surface area contributed by atoms with Crippen molar-refractivity contribution in [3.05, 3.63) is 72.3 Å². The summed E-state index contributed by atoms with van der Waals surface area (Å²) >= 11 is 0. The van der Waals surface area contributed by atoms with E-state index in [1.165, 1.54) is 44.6 Å². The number of ether oxygens (including phenoxy) is 3. The van der Waals surface area contributed by atoms with Gasteiger partial charge < -0.3 is 19.5 Å². The maximum absolute atomic E-state index is 13.8. The first kappa shape index (κ1) is 29.8. The Labute approximate surface area is 229 Å². The van der Waals surface area contributed by atoms with Crippen LogP contribution in [-0.4, -0.2) is 56.4 Å². The predicted octanol–water partition coefficient (Wildman–Crippen LogP) is 3.58. The number of sulfonamides is 1. The van der Waals surface area contributed by atoms with E-state index in [2.05, 4.69) is 5.32 Å². The van der Waals surface area contributed by atoms with Crippen LogP contribution in [0.4, 0.5) is 5.69 Å². The van der Waals surface area contributed by atoms with Crippen LogP contribution < -0.4 is 23.8 Å². The summed E-state index contributed by atoms with van der Waals surface area (Å²) in [5.41, 5.74) is 0.916. The molecule has 1 N–H and O–H groups in total. The first-order chi connectivity index (χ1) is 18.4. The summed E-state index contributed by atoms with van der Waals surface area (Å²) in [7, 11) is -4.74.